The van der Waals surface area contributed by atoms with Crippen LogP contribution < -0.4 is 0 Å². The maximum Gasteiger partial charge on any atom is 0.329 e. The third kappa shape index (κ3) is 3.05. The van der Waals surface area contributed by atoms with E-state index in [9.17, 15) is 18.8 Å². The number of imide groups is 1. The van der Waals surface area contributed by atoms with Gasteiger partial charge >= 0.3 is 5.97 Å². The van der Waals surface area contributed by atoms with Gasteiger partial charge in [0.15, 0.2) is 0 Å². The summed E-state index contributed by atoms with van der Waals surface area (Å²) in [4.78, 5) is 38.2. The third-order valence-corrected chi connectivity index (χ3v) is 4.90. The molecular formula is C18H20FNO4. The summed E-state index contributed by atoms with van der Waals surface area (Å²) in [6.07, 6.45) is 3.31. The van der Waals surface area contributed by atoms with Gasteiger partial charge in [0.05, 0.1) is 11.8 Å². The van der Waals surface area contributed by atoms with Crippen molar-refractivity contribution in [3.05, 3.63) is 35.6 Å². The van der Waals surface area contributed by atoms with E-state index in [1.165, 1.54) is 31.2 Å². The van der Waals surface area contributed by atoms with E-state index in [4.69, 9.17) is 4.74 Å². The van der Waals surface area contributed by atoms with E-state index < -0.39 is 12.0 Å². The number of ether oxygens (including phenoxy) is 1. The quantitative estimate of drug-likeness (QED) is 0.627. The van der Waals surface area contributed by atoms with Crippen LogP contribution >= 0.6 is 0 Å². The predicted molar refractivity (Wildman–Crippen MR) is 83.0 cm³/mol. The minimum Gasteiger partial charge on any atom is -0.459 e. The Kier molecular flexibility index (Phi) is 4.64. The molecule has 2 amide bonds. The number of fused-ring (bicyclic) bond motifs is 1. The fourth-order valence-corrected chi connectivity index (χ4v) is 3.53. The van der Waals surface area contributed by atoms with Crippen molar-refractivity contribution in [2.24, 2.45) is 11.8 Å². The molecule has 1 saturated carbocycles. The maximum absolute atomic E-state index is 12.9. The van der Waals surface area contributed by atoms with Crippen LogP contribution in [0.3, 0.4) is 0 Å². The Morgan fingerprint density at radius 3 is 2.25 bits per heavy atom. The molecule has 0 N–H and O–H groups in total. The number of hydrogen-bond acceptors (Lipinski definition) is 4. The second-order valence-electron chi connectivity index (χ2n) is 6.45. The molecule has 3 rings (SSSR count). The molecule has 6 heteroatoms. The van der Waals surface area contributed by atoms with Crippen LogP contribution in [0.2, 0.25) is 0 Å². The topological polar surface area (TPSA) is 63.7 Å². The third-order valence-electron chi connectivity index (χ3n) is 4.90. The number of esters is 1. The molecule has 0 bridgehead atoms. The molecule has 0 unspecified atom stereocenters. The Morgan fingerprint density at radius 1 is 1.17 bits per heavy atom. The minimum atomic E-state index is -0.934. The summed E-state index contributed by atoms with van der Waals surface area (Å²) in [5.41, 5.74) is 0.643. The molecule has 24 heavy (non-hydrogen) atoms. The van der Waals surface area contributed by atoms with Crippen molar-refractivity contribution >= 4 is 17.8 Å². The molecule has 2 aliphatic rings. The first-order valence-corrected chi connectivity index (χ1v) is 8.27. The van der Waals surface area contributed by atoms with Crippen molar-refractivity contribution in [1.29, 1.82) is 0 Å². The van der Waals surface area contributed by atoms with Crippen molar-refractivity contribution in [1.82, 2.24) is 4.90 Å². The van der Waals surface area contributed by atoms with Crippen LogP contribution in [0, 0.1) is 17.7 Å². The van der Waals surface area contributed by atoms with Gasteiger partial charge in [-0.25, -0.2) is 9.18 Å². The van der Waals surface area contributed by atoms with Gasteiger partial charge in [-0.1, -0.05) is 25.0 Å². The van der Waals surface area contributed by atoms with E-state index in [0.717, 1.165) is 17.7 Å². The molecule has 128 valence electrons. The van der Waals surface area contributed by atoms with E-state index in [2.05, 4.69) is 0 Å². The van der Waals surface area contributed by atoms with Crippen molar-refractivity contribution in [2.75, 3.05) is 0 Å². The summed E-state index contributed by atoms with van der Waals surface area (Å²) in [5.74, 6) is -2.06. The molecule has 1 aliphatic carbocycles. The van der Waals surface area contributed by atoms with Gasteiger partial charge in [-0.05, 0) is 37.5 Å². The zero-order chi connectivity index (χ0) is 17.3. The van der Waals surface area contributed by atoms with Gasteiger partial charge in [0.1, 0.15) is 18.5 Å². The van der Waals surface area contributed by atoms with Crippen LogP contribution in [0.1, 0.15) is 38.2 Å². The highest BCUT2D eigenvalue weighted by Crippen LogP contribution is 2.38. The number of halogens is 1. The highest BCUT2D eigenvalue weighted by atomic mass is 19.1. The van der Waals surface area contributed by atoms with Gasteiger partial charge in [0.2, 0.25) is 11.8 Å². The summed E-state index contributed by atoms with van der Waals surface area (Å²) < 4.78 is 18.0. The van der Waals surface area contributed by atoms with E-state index in [-0.39, 0.29) is 36.1 Å². The number of carbonyl (C=O) groups excluding carboxylic acids is 3. The lowest BCUT2D eigenvalue weighted by molar-refractivity contribution is -0.159. The Hall–Kier alpha value is -2.24. The number of likely N-dealkylation sites (tertiary alicyclic amines) is 1. The largest absolute Gasteiger partial charge is 0.459 e. The fourth-order valence-electron chi connectivity index (χ4n) is 3.53. The van der Waals surface area contributed by atoms with Crippen molar-refractivity contribution in [2.45, 2.75) is 45.3 Å². The van der Waals surface area contributed by atoms with Crippen molar-refractivity contribution < 1.29 is 23.5 Å². The van der Waals surface area contributed by atoms with E-state index in [0.29, 0.717) is 18.4 Å². The summed E-state index contributed by atoms with van der Waals surface area (Å²) in [7, 11) is 0. The van der Waals surface area contributed by atoms with E-state index in [1.54, 1.807) is 0 Å². The molecule has 0 aromatic heterocycles. The molecule has 5 nitrogen and oxygen atoms in total. The molecule has 0 radical (unpaired) electrons. The average Bonchev–Trinajstić information content (AvgIpc) is 2.85. The lowest BCUT2D eigenvalue weighted by Gasteiger charge is -2.21. The van der Waals surface area contributed by atoms with Gasteiger partial charge in [0, 0.05) is 0 Å². The zero-order valence-electron chi connectivity index (χ0n) is 13.5. The normalized spacial score (nSPS) is 24.7. The van der Waals surface area contributed by atoms with Crippen LogP contribution in [0.15, 0.2) is 24.3 Å². The average molecular weight is 333 g/mol. The van der Waals surface area contributed by atoms with Crippen LogP contribution in [-0.4, -0.2) is 28.7 Å². The molecule has 1 aromatic carbocycles. The van der Waals surface area contributed by atoms with Crippen LogP contribution in [0.5, 0.6) is 0 Å². The summed E-state index contributed by atoms with van der Waals surface area (Å²) in [6, 6.07) is 4.67. The first kappa shape index (κ1) is 16.6. The summed E-state index contributed by atoms with van der Waals surface area (Å²) >= 11 is 0. The number of carbonyl (C=O) groups is 3. The number of rotatable bonds is 4. The monoisotopic (exact) mass is 333 g/mol. The van der Waals surface area contributed by atoms with Crippen LogP contribution in [0.25, 0.3) is 0 Å². The molecule has 2 fully saturated rings. The predicted octanol–water partition coefficient (Wildman–Crippen LogP) is 2.43. The fraction of sp³-hybridized carbons (Fsp3) is 0.500. The van der Waals surface area contributed by atoms with Gasteiger partial charge in [-0.3, -0.25) is 14.5 Å². The summed E-state index contributed by atoms with van der Waals surface area (Å²) in [5, 5.41) is 0. The molecule has 3 atom stereocenters. The second kappa shape index (κ2) is 6.71. The zero-order valence-corrected chi connectivity index (χ0v) is 13.5. The lowest BCUT2D eigenvalue weighted by Crippen LogP contribution is -2.44. The van der Waals surface area contributed by atoms with Crippen LogP contribution in [0.4, 0.5) is 4.39 Å². The standard InChI is InChI=1S/C18H20FNO4/c1-11(18(23)24-10-12-6-8-13(19)9-7-12)20-16(21)14-4-2-3-5-15(14)17(20)22/h6-9,11,14-15H,2-5,10H2,1H3/t11-,14-,15+/m0/s1. The Bertz CT molecular complexity index is 633. The van der Waals surface area contributed by atoms with Gasteiger partial charge < -0.3 is 4.74 Å². The molecular weight excluding hydrogens is 313 g/mol. The molecule has 0 spiro atoms. The first-order valence-electron chi connectivity index (χ1n) is 8.27. The molecule has 1 aliphatic heterocycles. The number of nitrogens with zero attached hydrogens (tertiary/aromatic N) is 1. The van der Waals surface area contributed by atoms with E-state index >= 15 is 0 Å². The minimum absolute atomic E-state index is 0.0213. The number of benzene rings is 1. The Labute approximate surface area is 139 Å². The highest BCUT2D eigenvalue weighted by Gasteiger charge is 2.51. The molecule has 1 aromatic rings. The van der Waals surface area contributed by atoms with Crippen LogP contribution in [-0.2, 0) is 25.7 Å². The summed E-state index contributed by atoms with van der Waals surface area (Å²) in [6.45, 7) is 1.49. The number of hydrogen-bond donors (Lipinski definition) is 0. The van der Waals surface area contributed by atoms with E-state index in [1.807, 2.05) is 0 Å². The van der Waals surface area contributed by atoms with Gasteiger partial charge in [-0.2, -0.15) is 0 Å². The number of amides is 2. The molecule has 1 saturated heterocycles. The highest BCUT2D eigenvalue weighted by molar-refractivity contribution is 6.07. The second-order valence-corrected chi connectivity index (χ2v) is 6.45. The van der Waals surface area contributed by atoms with Crippen molar-refractivity contribution in [3.8, 4) is 0 Å². The molecule has 1 heterocycles. The lowest BCUT2D eigenvalue weighted by atomic mass is 9.81. The van der Waals surface area contributed by atoms with Gasteiger partial charge in [-0.15, -0.1) is 0 Å². The van der Waals surface area contributed by atoms with Crippen molar-refractivity contribution in [3.63, 3.8) is 0 Å². The van der Waals surface area contributed by atoms with Gasteiger partial charge in [0.25, 0.3) is 0 Å². The Balaban J connectivity index is 1.63. The smallest absolute Gasteiger partial charge is 0.329 e. The Morgan fingerprint density at radius 2 is 1.71 bits per heavy atom. The first-order chi connectivity index (χ1) is 11.5. The SMILES string of the molecule is C[C@@H](C(=O)OCc1ccc(F)cc1)N1C(=O)[C@H]2CCCC[C@H]2C1=O. The maximum atomic E-state index is 12.9.